The van der Waals surface area contributed by atoms with Crippen molar-refractivity contribution in [1.29, 1.82) is 0 Å². The molecule has 0 aliphatic carbocycles. The highest BCUT2D eigenvalue weighted by atomic mass is 16.5. The van der Waals surface area contributed by atoms with E-state index in [2.05, 4.69) is 10.3 Å². The van der Waals surface area contributed by atoms with Crippen LogP contribution >= 0.6 is 0 Å². The van der Waals surface area contributed by atoms with Crippen molar-refractivity contribution < 1.29 is 14.6 Å². The lowest BCUT2D eigenvalue weighted by atomic mass is 10.1. The van der Waals surface area contributed by atoms with Crippen LogP contribution < -0.4 is 10.1 Å². The van der Waals surface area contributed by atoms with Gasteiger partial charge >= 0.3 is 0 Å². The van der Waals surface area contributed by atoms with Gasteiger partial charge < -0.3 is 15.2 Å². The van der Waals surface area contributed by atoms with Gasteiger partial charge in [0.05, 0.1) is 25.4 Å². The maximum absolute atomic E-state index is 11.8. The molecule has 0 aliphatic rings. The number of carbonyl (C=O) groups is 1. The summed E-state index contributed by atoms with van der Waals surface area (Å²) in [6, 6.07) is 10.00. The van der Waals surface area contributed by atoms with E-state index < -0.39 is 0 Å². The van der Waals surface area contributed by atoms with Crippen molar-refractivity contribution in [3.05, 3.63) is 48.2 Å². The van der Waals surface area contributed by atoms with Crippen molar-refractivity contribution in [2.24, 2.45) is 0 Å². The number of hydrogen-bond acceptors (Lipinski definition) is 4. The Bertz CT molecular complexity index is 567. The van der Waals surface area contributed by atoms with Crippen molar-refractivity contribution in [2.45, 2.75) is 6.42 Å². The Balaban J connectivity index is 1.97. The Labute approximate surface area is 110 Å². The third-order valence-corrected chi connectivity index (χ3v) is 2.50. The highest BCUT2D eigenvalue weighted by Crippen LogP contribution is 2.14. The fourth-order valence-electron chi connectivity index (χ4n) is 1.63. The number of nitrogens with zero attached hydrogens (tertiary/aromatic N) is 1. The first-order valence-corrected chi connectivity index (χ1v) is 5.75. The Hall–Kier alpha value is -2.56. The molecule has 0 saturated carbocycles. The second-order valence-corrected chi connectivity index (χ2v) is 3.98. The summed E-state index contributed by atoms with van der Waals surface area (Å²) in [5, 5.41) is 12.0. The van der Waals surface area contributed by atoms with Crippen LogP contribution in [0.4, 0.5) is 5.69 Å². The summed E-state index contributed by atoms with van der Waals surface area (Å²) in [5.41, 5.74) is 1.35. The number of benzene rings is 1. The molecule has 0 spiro atoms. The smallest absolute Gasteiger partial charge is 0.228 e. The number of phenolic OH excluding ortho intramolecular Hbond substituents is 1. The molecule has 0 fully saturated rings. The Morgan fingerprint density at radius 1 is 1.37 bits per heavy atom. The number of anilines is 1. The summed E-state index contributed by atoms with van der Waals surface area (Å²) in [6.45, 7) is 0. The number of carbonyl (C=O) groups excluding carboxylic acids is 1. The van der Waals surface area contributed by atoms with Gasteiger partial charge in [0.25, 0.3) is 0 Å². The van der Waals surface area contributed by atoms with Gasteiger partial charge in [-0.05, 0) is 23.8 Å². The highest BCUT2D eigenvalue weighted by molar-refractivity contribution is 5.92. The van der Waals surface area contributed by atoms with E-state index in [1.807, 2.05) is 0 Å². The number of ether oxygens (including phenoxy) is 1. The van der Waals surface area contributed by atoms with Crippen molar-refractivity contribution in [2.75, 3.05) is 12.4 Å². The molecule has 0 radical (unpaired) electrons. The monoisotopic (exact) mass is 258 g/mol. The quantitative estimate of drug-likeness (QED) is 0.879. The summed E-state index contributed by atoms with van der Waals surface area (Å²) in [6.07, 6.45) is 1.72. The van der Waals surface area contributed by atoms with Crippen LogP contribution in [0.2, 0.25) is 0 Å². The van der Waals surface area contributed by atoms with E-state index in [0.29, 0.717) is 11.6 Å². The van der Waals surface area contributed by atoms with Gasteiger partial charge in [0.1, 0.15) is 5.75 Å². The van der Waals surface area contributed by atoms with Crippen molar-refractivity contribution in [3.8, 4) is 11.6 Å². The van der Waals surface area contributed by atoms with Gasteiger partial charge in [-0.15, -0.1) is 0 Å². The van der Waals surface area contributed by atoms with Gasteiger partial charge in [-0.1, -0.05) is 12.1 Å². The van der Waals surface area contributed by atoms with Crippen LogP contribution in [0.3, 0.4) is 0 Å². The largest absolute Gasteiger partial charge is 0.508 e. The van der Waals surface area contributed by atoms with Gasteiger partial charge in [0.2, 0.25) is 11.8 Å². The molecule has 98 valence electrons. The number of hydrogen-bond donors (Lipinski definition) is 2. The summed E-state index contributed by atoms with van der Waals surface area (Å²) in [7, 11) is 1.53. The molecule has 2 rings (SSSR count). The summed E-state index contributed by atoms with van der Waals surface area (Å²) < 4.78 is 4.93. The number of aromatic hydroxyl groups is 1. The molecule has 19 heavy (non-hydrogen) atoms. The molecule has 2 aromatic rings. The molecule has 0 unspecified atom stereocenters. The Kier molecular flexibility index (Phi) is 3.97. The highest BCUT2D eigenvalue weighted by Gasteiger charge is 2.05. The Morgan fingerprint density at radius 2 is 2.21 bits per heavy atom. The van der Waals surface area contributed by atoms with E-state index >= 15 is 0 Å². The van der Waals surface area contributed by atoms with Crippen LogP contribution in [0.1, 0.15) is 5.56 Å². The van der Waals surface area contributed by atoms with E-state index in [4.69, 9.17) is 4.74 Å². The van der Waals surface area contributed by atoms with Crippen LogP contribution in [0.5, 0.6) is 11.6 Å². The topological polar surface area (TPSA) is 71.5 Å². The maximum Gasteiger partial charge on any atom is 0.228 e. The molecule has 2 N–H and O–H groups in total. The minimum Gasteiger partial charge on any atom is -0.508 e. The van der Waals surface area contributed by atoms with E-state index in [1.165, 1.54) is 13.3 Å². The second-order valence-electron chi connectivity index (χ2n) is 3.98. The predicted octanol–water partition coefficient (Wildman–Crippen LogP) is 1.98. The standard InChI is InChI=1S/C14H14N2O3/c1-19-14-6-5-11(9-15-14)16-13(18)8-10-3-2-4-12(17)7-10/h2-7,9,17H,8H2,1H3,(H,16,18). The van der Waals surface area contributed by atoms with E-state index in [0.717, 1.165) is 5.56 Å². The number of nitrogens with one attached hydrogen (secondary N) is 1. The van der Waals surface area contributed by atoms with Crippen LogP contribution in [0, 0.1) is 0 Å². The van der Waals surface area contributed by atoms with Crippen LogP contribution in [-0.4, -0.2) is 23.1 Å². The van der Waals surface area contributed by atoms with Crippen molar-refractivity contribution in [1.82, 2.24) is 4.98 Å². The van der Waals surface area contributed by atoms with Gasteiger partial charge in [-0.25, -0.2) is 4.98 Å². The third kappa shape index (κ3) is 3.70. The zero-order valence-electron chi connectivity index (χ0n) is 10.5. The predicted molar refractivity (Wildman–Crippen MR) is 71.2 cm³/mol. The number of amides is 1. The SMILES string of the molecule is COc1ccc(NC(=O)Cc2cccc(O)c2)cn1. The first-order valence-electron chi connectivity index (χ1n) is 5.75. The normalized spacial score (nSPS) is 9.95. The maximum atomic E-state index is 11.8. The van der Waals surface area contributed by atoms with Crippen LogP contribution in [0.15, 0.2) is 42.6 Å². The summed E-state index contributed by atoms with van der Waals surface area (Å²) in [5.74, 6) is 0.472. The number of methoxy groups -OCH3 is 1. The van der Waals surface area contributed by atoms with E-state index in [1.54, 1.807) is 36.4 Å². The molecule has 0 aliphatic heterocycles. The van der Waals surface area contributed by atoms with Crippen molar-refractivity contribution in [3.63, 3.8) is 0 Å². The van der Waals surface area contributed by atoms with Gasteiger partial charge in [-0.3, -0.25) is 4.79 Å². The molecule has 0 saturated heterocycles. The third-order valence-electron chi connectivity index (χ3n) is 2.50. The first-order chi connectivity index (χ1) is 9.17. The van der Waals surface area contributed by atoms with Crippen molar-refractivity contribution >= 4 is 11.6 Å². The molecule has 0 bridgehead atoms. The Morgan fingerprint density at radius 3 is 2.84 bits per heavy atom. The molecule has 5 heteroatoms. The fraction of sp³-hybridized carbons (Fsp3) is 0.143. The molecule has 1 heterocycles. The number of rotatable bonds is 4. The van der Waals surface area contributed by atoms with Gasteiger partial charge in [-0.2, -0.15) is 0 Å². The van der Waals surface area contributed by atoms with Crippen LogP contribution in [0.25, 0.3) is 0 Å². The molecule has 5 nitrogen and oxygen atoms in total. The number of aromatic nitrogens is 1. The molecular weight excluding hydrogens is 244 g/mol. The molecule has 1 aromatic carbocycles. The average Bonchev–Trinajstić information content (AvgIpc) is 2.39. The van der Waals surface area contributed by atoms with Gasteiger partial charge in [0, 0.05) is 6.07 Å². The molecule has 0 atom stereocenters. The average molecular weight is 258 g/mol. The lowest BCUT2D eigenvalue weighted by molar-refractivity contribution is -0.115. The summed E-state index contributed by atoms with van der Waals surface area (Å²) >= 11 is 0. The van der Waals surface area contributed by atoms with Crippen LogP contribution in [-0.2, 0) is 11.2 Å². The minimum atomic E-state index is -0.169. The number of pyridine rings is 1. The zero-order chi connectivity index (χ0) is 13.7. The molecule has 1 amide bonds. The lowest BCUT2D eigenvalue weighted by Crippen LogP contribution is -2.14. The first kappa shape index (κ1) is 12.9. The summed E-state index contributed by atoms with van der Waals surface area (Å²) in [4.78, 5) is 15.8. The fourth-order valence-corrected chi connectivity index (χ4v) is 1.63. The lowest BCUT2D eigenvalue weighted by Gasteiger charge is -2.06. The number of phenols is 1. The zero-order valence-corrected chi connectivity index (χ0v) is 10.5. The minimum absolute atomic E-state index is 0.149. The van der Waals surface area contributed by atoms with E-state index in [9.17, 15) is 9.90 Å². The van der Waals surface area contributed by atoms with Gasteiger partial charge in [0.15, 0.2) is 0 Å². The van der Waals surface area contributed by atoms with E-state index in [-0.39, 0.29) is 18.1 Å². The molecular formula is C14H14N2O3. The second kappa shape index (κ2) is 5.86. The molecule has 1 aromatic heterocycles.